The third-order valence-corrected chi connectivity index (χ3v) is 17.0. The maximum Gasteiger partial charge on any atom is 0.305 e. The Bertz CT molecular complexity index is 1230. The van der Waals surface area contributed by atoms with Gasteiger partial charge in [-0.15, -0.1) is 0 Å². The zero-order valence-corrected chi connectivity index (χ0v) is 53.6. The maximum absolute atomic E-state index is 12.5. The molecule has 0 aromatic carbocycles. The summed E-state index contributed by atoms with van der Waals surface area (Å²) in [5, 5.41) is 23.4. The molecule has 79 heavy (non-hydrogen) atoms. The highest BCUT2D eigenvalue weighted by atomic mass is 16.5. The molecule has 0 spiro atoms. The van der Waals surface area contributed by atoms with Crippen LogP contribution in [0.2, 0.25) is 0 Å². The number of ether oxygens (including phenoxy) is 1. The molecule has 0 bridgehead atoms. The van der Waals surface area contributed by atoms with Crippen LogP contribution in [0.5, 0.6) is 0 Å². The number of carbonyl (C=O) groups is 2. The first-order valence-corrected chi connectivity index (χ1v) is 36.1. The SMILES string of the molecule is CCCCCCCCC/C=C\CCCCCCCC(=O)OCCCCCCCCCCCCCC/C=C\CCCCCCCCCCC(=O)NC(CO)C(O)CCCCCCCCCCCCCCCCCCCCCCCC. The Labute approximate surface area is 494 Å². The molecule has 0 aliphatic heterocycles. The Morgan fingerprint density at radius 1 is 0.342 bits per heavy atom. The molecule has 0 radical (unpaired) electrons. The second-order valence-corrected chi connectivity index (χ2v) is 24.9. The number of rotatable bonds is 68. The highest BCUT2D eigenvalue weighted by molar-refractivity contribution is 5.76. The topological polar surface area (TPSA) is 95.9 Å². The molecule has 3 N–H and O–H groups in total. The summed E-state index contributed by atoms with van der Waals surface area (Å²) in [4.78, 5) is 24.6. The van der Waals surface area contributed by atoms with Gasteiger partial charge in [-0.2, -0.15) is 0 Å². The van der Waals surface area contributed by atoms with Crippen molar-refractivity contribution in [2.45, 2.75) is 418 Å². The van der Waals surface area contributed by atoms with Gasteiger partial charge in [-0.05, 0) is 77.0 Å². The zero-order chi connectivity index (χ0) is 57.1. The molecule has 6 nitrogen and oxygen atoms in total. The lowest BCUT2D eigenvalue weighted by atomic mass is 10.0. The molecule has 0 rings (SSSR count). The van der Waals surface area contributed by atoms with Gasteiger partial charge in [-0.3, -0.25) is 9.59 Å². The van der Waals surface area contributed by atoms with Crippen LogP contribution in [0.15, 0.2) is 24.3 Å². The summed E-state index contributed by atoms with van der Waals surface area (Å²) in [6, 6.07) is -0.546. The number of amides is 1. The van der Waals surface area contributed by atoms with Crippen molar-refractivity contribution in [3.63, 3.8) is 0 Å². The molecular formula is C73H141NO5. The Hall–Kier alpha value is -1.66. The fourth-order valence-corrected chi connectivity index (χ4v) is 11.5. The van der Waals surface area contributed by atoms with Crippen molar-refractivity contribution in [1.82, 2.24) is 5.32 Å². The summed E-state index contributed by atoms with van der Waals surface area (Å²) in [6.45, 7) is 4.98. The van der Waals surface area contributed by atoms with E-state index in [9.17, 15) is 19.8 Å². The first-order valence-electron chi connectivity index (χ1n) is 36.1. The molecule has 1 amide bonds. The van der Waals surface area contributed by atoms with E-state index >= 15 is 0 Å². The minimum absolute atomic E-state index is 0.00613. The lowest BCUT2D eigenvalue weighted by Crippen LogP contribution is -2.45. The summed E-state index contributed by atoms with van der Waals surface area (Å²) >= 11 is 0. The Kier molecular flexibility index (Phi) is 67.4. The van der Waals surface area contributed by atoms with Gasteiger partial charge in [0.15, 0.2) is 0 Å². The van der Waals surface area contributed by atoms with Crippen LogP contribution in [0, 0.1) is 0 Å². The van der Waals surface area contributed by atoms with Crippen LogP contribution in [-0.2, 0) is 14.3 Å². The quantitative estimate of drug-likeness (QED) is 0.0320. The number of carbonyl (C=O) groups excluding carboxylic acids is 2. The van der Waals surface area contributed by atoms with Crippen molar-refractivity contribution in [1.29, 1.82) is 0 Å². The number of hydrogen-bond acceptors (Lipinski definition) is 5. The van der Waals surface area contributed by atoms with Crippen molar-refractivity contribution in [2.75, 3.05) is 13.2 Å². The number of esters is 1. The Morgan fingerprint density at radius 2 is 0.595 bits per heavy atom. The summed E-state index contributed by atoms with van der Waals surface area (Å²) in [5.74, 6) is -0.0289. The van der Waals surface area contributed by atoms with Crippen LogP contribution in [0.4, 0.5) is 0 Å². The molecule has 0 aromatic heterocycles. The maximum atomic E-state index is 12.5. The number of hydrogen-bond donors (Lipinski definition) is 3. The molecule has 0 saturated heterocycles. The molecule has 2 atom stereocenters. The zero-order valence-electron chi connectivity index (χ0n) is 53.6. The van der Waals surface area contributed by atoms with Gasteiger partial charge < -0.3 is 20.3 Å². The van der Waals surface area contributed by atoms with Crippen LogP contribution in [0.3, 0.4) is 0 Å². The van der Waals surface area contributed by atoms with E-state index in [1.807, 2.05) is 0 Å². The molecule has 0 fully saturated rings. The number of aliphatic hydroxyl groups excluding tert-OH is 2. The third kappa shape index (κ3) is 65.4. The monoisotopic (exact) mass is 1110 g/mol. The predicted molar refractivity (Wildman–Crippen MR) is 347 cm³/mol. The minimum atomic E-state index is -0.668. The highest BCUT2D eigenvalue weighted by Gasteiger charge is 2.20. The Morgan fingerprint density at radius 3 is 0.899 bits per heavy atom. The largest absolute Gasteiger partial charge is 0.466 e. The second kappa shape index (κ2) is 68.8. The van der Waals surface area contributed by atoms with E-state index in [1.165, 1.54) is 327 Å². The average molecular weight is 1110 g/mol. The van der Waals surface area contributed by atoms with Gasteiger partial charge in [0.2, 0.25) is 5.91 Å². The summed E-state index contributed by atoms with van der Waals surface area (Å²) in [6.07, 6.45) is 86.5. The van der Waals surface area contributed by atoms with E-state index in [0.717, 1.165) is 44.9 Å². The van der Waals surface area contributed by atoms with E-state index in [4.69, 9.17) is 4.74 Å². The molecule has 0 aliphatic rings. The van der Waals surface area contributed by atoms with Crippen LogP contribution in [-0.4, -0.2) is 47.4 Å². The average Bonchev–Trinajstić information content (AvgIpc) is 3.45. The van der Waals surface area contributed by atoms with Crippen LogP contribution < -0.4 is 5.32 Å². The van der Waals surface area contributed by atoms with Crippen molar-refractivity contribution in [2.24, 2.45) is 0 Å². The Balaban J connectivity index is 3.40. The highest BCUT2D eigenvalue weighted by Crippen LogP contribution is 2.19. The van der Waals surface area contributed by atoms with E-state index in [1.54, 1.807) is 0 Å². The van der Waals surface area contributed by atoms with Crippen molar-refractivity contribution in [3.05, 3.63) is 24.3 Å². The first-order chi connectivity index (χ1) is 39.0. The minimum Gasteiger partial charge on any atom is -0.466 e. The number of allylic oxidation sites excluding steroid dienone is 4. The van der Waals surface area contributed by atoms with Gasteiger partial charge >= 0.3 is 5.97 Å². The molecule has 0 aromatic rings. The molecule has 468 valence electrons. The smallest absolute Gasteiger partial charge is 0.305 e. The van der Waals surface area contributed by atoms with Crippen molar-refractivity contribution < 1.29 is 24.5 Å². The molecule has 6 heteroatoms. The summed E-state index contributed by atoms with van der Waals surface area (Å²) in [7, 11) is 0. The number of unbranched alkanes of at least 4 members (excludes halogenated alkanes) is 53. The molecule has 0 heterocycles. The van der Waals surface area contributed by atoms with Crippen LogP contribution in [0.1, 0.15) is 406 Å². The molecule has 0 saturated carbocycles. The van der Waals surface area contributed by atoms with Gasteiger partial charge in [0, 0.05) is 12.8 Å². The fourth-order valence-electron chi connectivity index (χ4n) is 11.5. The van der Waals surface area contributed by atoms with Crippen molar-refractivity contribution in [3.8, 4) is 0 Å². The van der Waals surface area contributed by atoms with Gasteiger partial charge in [0.1, 0.15) is 0 Å². The summed E-state index contributed by atoms with van der Waals surface area (Å²) in [5.41, 5.74) is 0. The van der Waals surface area contributed by atoms with Gasteiger partial charge in [0.05, 0.1) is 25.4 Å². The lowest BCUT2D eigenvalue weighted by molar-refractivity contribution is -0.143. The normalized spacial score (nSPS) is 12.6. The molecule has 2 unspecified atom stereocenters. The lowest BCUT2D eigenvalue weighted by Gasteiger charge is -2.22. The van der Waals surface area contributed by atoms with Gasteiger partial charge in [-0.1, -0.05) is 340 Å². The van der Waals surface area contributed by atoms with E-state index < -0.39 is 12.1 Å². The van der Waals surface area contributed by atoms with E-state index in [-0.39, 0.29) is 18.5 Å². The fraction of sp³-hybridized carbons (Fsp3) is 0.918. The third-order valence-electron chi connectivity index (χ3n) is 17.0. The standard InChI is InChI=1S/C73H141NO5/c1-3-5-7-9-11-13-15-17-19-21-22-23-28-31-34-37-41-45-49-53-57-61-65-71(76)70(69-75)74-72(77)66-62-58-54-50-46-42-38-35-32-29-26-24-25-27-30-33-36-40-44-48-52-56-60-64-68-79-73(78)67-63-59-55-51-47-43-39-20-18-16-14-12-10-8-6-4-2/h20,26,29,39,70-71,75-76H,3-19,21-25,27-28,30-38,40-69H2,1-2H3,(H,74,77)/b29-26-,39-20-. The van der Waals surface area contributed by atoms with Gasteiger partial charge in [-0.25, -0.2) is 0 Å². The second-order valence-electron chi connectivity index (χ2n) is 24.9. The predicted octanol–water partition coefficient (Wildman–Crippen LogP) is 23.3. The van der Waals surface area contributed by atoms with Crippen LogP contribution >= 0.6 is 0 Å². The molecule has 0 aliphatic carbocycles. The van der Waals surface area contributed by atoms with E-state index in [0.29, 0.717) is 25.9 Å². The molecular weight excluding hydrogens is 971 g/mol. The van der Waals surface area contributed by atoms with Crippen LogP contribution in [0.25, 0.3) is 0 Å². The summed E-state index contributed by atoms with van der Waals surface area (Å²) < 4.78 is 5.49. The van der Waals surface area contributed by atoms with Crippen molar-refractivity contribution >= 4 is 11.9 Å². The number of nitrogens with one attached hydrogen (secondary N) is 1. The van der Waals surface area contributed by atoms with Gasteiger partial charge in [0.25, 0.3) is 0 Å². The van der Waals surface area contributed by atoms with E-state index in [2.05, 4.69) is 43.5 Å². The first kappa shape index (κ1) is 77.3. The number of aliphatic hydroxyl groups is 2.